The molecule has 4 nitrogen and oxygen atoms in total. The highest BCUT2D eigenvalue weighted by Crippen LogP contribution is 2.21. The van der Waals surface area contributed by atoms with Gasteiger partial charge in [-0.05, 0) is 18.2 Å². The molecule has 0 aliphatic rings. The van der Waals surface area contributed by atoms with E-state index in [-0.39, 0.29) is 5.78 Å². The van der Waals surface area contributed by atoms with Gasteiger partial charge in [-0.15, -0.1) is 0 Å². The van der Waals surface area contributed by atoms with Crippen LogP contribution >= 0.6 is 11.8 Å². The van der Waals surface area contributed by atoms with Crippen LogP contribution in [0.4, 0.5) is 0 Å². The van der Waals surface area contributed by atoms with E-state index < -0.39 is 0 Å². The van der Waals surface area contributed by atoms with Crippen molar-refractivity contribution in [3.05, 3.63) is 59.7 Å². The molecule has 3 aromatic rings. The maximum atomic E-state index is 12.4. The summed E-state index contributed by atoms with van der Waals surface area (Å²) in [6.07, 6.45) is 0. The molecule has 0 aliphatic carbocycles. The van der Waals surface area contributed by atoms with Crippen molar-refractivity contribution in [3.63, 3.8) is 0 Å². The van der Waals surface area contributed by atoms with E-state index in [1.165, 1.54) is 11.8 Å². The normalized spacial score (nSPS) is 10.4. The molecule has 21 heavy (non-hydrogen) atoms. The van der Waals surface area contributed by atoms with Crippen LogP contribution in [0.5, 0.6) is 0 Å². The molecule has 1 aromatic heterocycles. The average molecular weight is 293 g/mol. The molecule has 0 amide bonds. The van der Waals surface area contributed by atoms with E-state index in [4.69, 9.17) is 5.26 Å². The predicted molar refractivity (Wildman–Crippen MR) is 82.3 cm³/mol. The molecule has 1 N–H and O–H groups in total. The first kappa shape index (κ1) is 13.4. The number of aromatic amines is 1. The number of carbonyl (C=O) groups is 1. The molecule has 0 aliphatic heterocycles. The van der Waals surface area contributed by atoms with Gasteiger partial charge in [0.25, 0.3) is 0 Å². The summed E-state index contributed by atoms with van der Waals surface area (Å²) in [6, 6.07) is 16.6. The fourth-order valence-electron chi connectivity index (χ4n) is 2.05. The van der Waals surface area contributed by atoms with Crippen LogP contribution in [0.3, 0.4) is 0 Å². The average Bonchev–Trinajstić information content (AvgIpc) is 2.95. The molecular weight excluding hydrogens is 282 g/mol. The van der Waals surface area contributed by atoms with E-state index in [9.17, 15) is 4.79 Å². The van der Waals surface area contributed by atoms with Gasteiger partial charge in [0.05, 0.1) is 22.9 Å². The summed E-state index contributed by atoms with van der Waals surface area (Å²) < 4.78 is 0. The smallest absolute Gasteiger partial charge is 0.193 e. The van der Waals surface area contributed by atoms with Crippen LogP contribution in [0.15, 0.2) is 53.7 Å². The van der Waals surface area contributed by atoms with Crippen molar-refractivity contribution in [2.75, 3.05) is 5.75 Å². The standard InChI is InChI=1S/C16H11N3OS/c17-8-9-21-16-18-13-7-6-12(10-14(13)19-16)15(20)11-4-2-1-3-5-11/h1-7,10H,9H2,(H,18,19). The van der Waals surface area contributed by atoms with Crippen LogP contribution in [0, 0.1) is 11.3 Å². The topological polar surface area (TPSA) is 69.5 Å². The van der Waals surface area contributed by atoms with Gasteiger partial charge in [0, 0.05) is 11.1 Å². The maximum absolute atomic E-state index is 12.4. The Bertz CT molecular complexity index is 834. The highest BCUT2D eigenvalue weighted by molar-refractivity contribution is 7.99. The second-order valence-corrected chi connectivity index (χ2v) is 5.38. The summed E-state index contributed by atoms with van der Waals surface area (Å²) in [5.74, 6) is 0.327. The minimum absolute atomic E-state index is 0.0154. The van der Waals surface area contributed by atoms with E-state index in [0.29, 0.717) is 22.0 Å². The Morgan fingerprint density at radius 2 is 2.00 bits per heavy atom. The number of fused-ring (bicyclic) bond motifs is 1. The lowest BCUT2D eigenvalue weighted by Gasteiger charge is -2.00. The number of thioether (sulfide) groups is 1. The molecule has 0 unspecified atom stereocenters. The molecule has 102 valence electrons. The van der Waals surface area contributed by atoms with E-state index >= 15 is 0 Å². The quantitative estimate of drug-likeness (QED) is 0.591. The molecule has 0 saturated heterocycles. The van der Waals surface area contributed by atoms with E-state index in [2.05, 4.69) is 16.0 Å². The zero-order chi connectivity index (χ0) is 14.7. The highest BCUT2D eigenvalue weighted by Gasteiger charge is 2.11. The van der Waals surface area contributed by atoms with Gasteiger partial charge in [-0.25, -0.2) is 4.98 Å². The van der Waals surface area contributed by atoms with Crippen molar-refractivity contribution in [2.24, 2.45) is 0 Å². The number of benzene rings is 2. The van der Waals surface area contributed by atoms with Gasteiger partial charge in [-0.3, -0.25) is 4.79 Å². The van der Waals surface area contributed by atoms with Crippen LogP contribution < -0.4 is 0 Å². The minimum atomic E-state index is -0.0154. The summed E-state index contributed by atoms with van der Waals surface area (Å²) in [5, 5.41) is 9.28. The number of hydrogen-bond donors (Lipinski definition) is 1. The predicted octanol–water partition coefficient (Wildman–Crippen LogP) is 3.41. The van der Waals surface area contributed by atoms with Crippen molar-refractivity contribution >= 4 is 28.6 Å². The Balaban J connectivity index is 1.94. The number of nitrogens with zero attached hydrogens (tertiary/aromatic N) is 2. The SMILES string of the molecule is N#CCSc1nc2ccc(C(=O)c3ccccc3)cc2[nH]1. The summed E-state index contributed by atoms with van der Waals surface area (Å²) >= 11 is 1.34. The molecule has 0 atom stereocenters. The van der Waals surface area contributed by atoms with Crippen LogP contribution in [-0.2, 0) is 0 Å². The first-order valence-corrected chi connectivity index (χ1v) is 7.36. The third-order valence-corrected chi connectivity index (χ3v) is 3.77. The Kier molecular flexibility index (Phi) is 3.71. The van der Waals surface area contributed by atoms with Crippen LogP contribution in [0.2, 0.25) is 0 Å². The lowest BCUT2D eigenvalue weighted by molar-refractivity contribution is 0.103. The number of rotatable bonds is 4. The molecule has 0 saturated carbocycles. The van der Waals surface area contributed by atoms with Gasteiger partial charge >= 0.3 is 0 Å². The van der Waals surface area contributed by atoms with E-state index in [0.717, 1.165) is 11.0 Å². The van der Waals surface area contributed by atoms with Gasteiger partial charge in [-0.1, -0.05) is 42.1 Å². The van der Waals surface area contributed by atoms with E-state index in [1.54, 1.807) is 24.3 Å². The number of H-pyrrole nitrogens is 1. The minimum Gasteiger partial charge on any atom is -0.333 e. The number of aromatic nitrogens is 2. The lowest BCUT2D eigenvalue weighted by atomic mass is 10.0. The lowest BCUT2D eigenvalue weighted by Crippen LogP contribution is -2.00. The zero-order valence-corrected chi connectivity index (χ0v) is 11.9. The number of nitriles is 1. The molecule has 5 heteroatoms. The first-order valence-electron chi connectivity index (χ1n) is 6.37. The monoisotopic (exact) mass is 293 g/mol. The van der Waals surface area contributed by atoms with Gasteiger partial charge in [0.15, 0.2) is 10.9 Å². The molecule has 3 rings (SSSR count). The van der Waals surface area contributed by atoms with Gasteiger partial charge < -0.3 is 4.98 Å². The first-order chi connectivity index (χ1) is 10.3. The molecule has 0 spiro atoms. The van der Waals surface area contributed by atoms with Crippen molar-refractivity contribution in [3.8, 4) is 6.07 Å². The molecular formula is C16H11N3OS. The van der Waals surface area contributed by atoms with Crippen molar-refractivity contribution in [2.45, 2.75) is 5.16 Å². The number of nitrogens with one attached hydrogen (secondary N) is 1. The van der Waals surface area contributed by atoms with Crippen LogP contribution in [-0.4, -0.2) is 21.5 Å². The molecule has 0 bridgehead atoms. The largest absolute Gasteiger partial charge is 0.333 e. The zero-order valence-electron chi connectivity index (χ0n) is 11.0. The van der Waals surface area contributed by atoms with Gasteiger partial charge in [0.1, 0.15) is 0 Å². The summed E-state index contributed by atoms with van der Waals surface area (Å²) in [7, 11) is 0. The van der Waals surface area contributed by atoms with Crippen LogP contribution in [0.1, 0.15) is 15.9 Å². The van der Waals surface area contributed by atoms with Gasteiger partial charge in [-0.2, -0.15) is 5.26 Å². The van der Waals surface area contributed by atoms with E-state index in [1.807, 2.05) is 24.3 Å². The summed E-state index contributed by atoms with van der Waals surface area (Å²) in [6.45, 7) is 0. The molecule has 2 aromatic carbocycles. The second-order valence-electron chi connectivity index (χ2n) is 4.42. The summed E-state index contributed by atoms with van der Waals surface area (Å²) in [4.78, 5) is 19.9. The van der Waals surface area contributed by atoms with Crippen molar-refractivity contribution in [1.29, 1.82) is 5.26 Å². The van der Waals surface area contributed by atoms with Crippen LogP contribution in [0.25, 0.3) is 11.0 Å². The molecule has 0 fully saturated rings. The van der Waals surface area contributed by atoms with Crippen molar-refractivity contribution < 1.29 is 4.79 Å². The Morgan fingerprint density at radius 3 is 2.76 bits per heavy atom. The molecule has 1 heterocycles. The Hall–Kier alpha value is -2.58. The third-order valence-electron chi connectivity index (χ3n) is 3.03. The van der Waals surface area contributed by atoms with Gasteiger partial charge in [0.2, 0.25) is 0 Å². The molecule has 0 radical (unpaired) electrons. The Morgan fingerprint density at radius 1 is 1.19 bits per heavy atom. The van der Waals surface area contributed by atoms with Crippen molar-refractivity contribution in [1.82, 2.24) is 9.97 Å². The Labute approximate surface area is 125 Å². The fraction of sp³-hybridized carbons (Fsp3) is 0.0625. The highest BCUT2D eigenvalue weighted by atomic mass is 32.2. The second kappa shape index (κ2) is 5.81. The number of ketones is 1. The summed E-state index contributed by atoms with van der Waals surface area (Å²) in [5.41, 5.74) is 2.88. The maximum Gasteiger partial charge on any atom is 0.193 e. The number of imidazole rings is 1. The number of hydrogen-bond acceptors (Lipinski definition) is 4. The fourth-order valence-corrected chi connectivity index (χ4v) is 2.60. The third kappa shape index (κ3) is 2.81. The number of carbonyl (C=O) groups excluding carboxylic acids is 1.